The number of rotatable bonds is 8. The van der Waals surface area contributed by atoms with E-state index in [0.29, 0.717) is 11.5 Å². The Morgan fingerprint density at radius 2 is 2.15 bits per heavy atom. The predicted octanol–water partition coefficient (Wildman–Crippen LogP) is 3.76. The van der Waals surface area contributed by atoms with E-state index in [1.165, 1.54) is 25.7 Å². The summed E-state index contributed by atoms with van der Waals surface area (Å²) in [5, 5.41) is 11.8. The minimum absolute atomic E-state index is 0.166. The van der Waals surface area contributed by atoms with E-state index in [0.717, 1.165) is 18.2 Å². The van der Waals surface area contributed by atoms with Crippen LogP contribution in [0.5, 0.6) is 0 Å². The average Bonchev–Trinajstić information content (AvgIpc) is 2.89. The standard InChI is InChI=1S/C13H19ClN6/c1-2-3-4-5-6-7-8-15-19-11-10-9-16-20-12(10)18-13(14)17-11/h8-9H,2-7H2,1H3,(H2,16,17,18,19,20). The molecule has 0 aliphatic rings. The molecule has 2 aromatic rings. The summed E-state index contributed by atoms with van der Waals surface area (Å²) in [7, 11) is 0. The van der Waals surface area contributed by atoms with Crippen LogP contribution in [0.3, 0.4) is 0 Å². The maximum atomic E-state index is 5.83. The summed E-state index contributed by atoms with van der Waals surface area (Å²) >= 11 is 5.83. The van der Waals surface area contributed by atoms with E-state index in [1.807, 2.05) is 6.21 Å². The number of hydrogen-bond acceptors (Lipinski definition) is 5. The third-order valence-electron chi connectivity index (χ3n) is 2.98. The zero-order valence-corrected chi connectivity index (χ0v) is 12.3. The summed E-state index contributed by atoms with van der Waals surface area (Å²) in [4.78, 5) is 8.13. The average molecular weight is 295 g/mol. The zero-order chi connectivity index (χ0) is 14.2. The predicted molar refractivity (Wildman–Crippen MR) is 82.2 cm³/mol. The van der Waals surface area contributed by atoms with Crippen LogP contribution in [0.15, 0.2) is 11.3 Å². The summed E-state index contributed by atoms with van der Waals surface area (Å²) < 4.78 is 0. The van der Waals surface area contributed by atoms with Gasteiger partial charge in [0.2, 0.25) is 5.28 Å². The van der Waals surface area contributed by atoms with Crippen LogP contribution in [0.1, 0.15) is 45.4 Å². The fraction of sp³-hybridized carbons (Fsp3) is 0.538. The van der Waals surface area contributed by atoms with Gasteiger partial charge in [0.15, 0.2) is 11.5 Å². The van der Waals surface area contributed by atoms with E-state index in [9.17, 15) is 0 Å². The molecule has 6 nitrogen and oxygen atoms in total. The van der Waals surface area contributed by atoms with Crippen LogP contribution in [-0.2, 0) is 0 Å². The molecule has 2 heterocycles. The first-order valence-corrected chi connectivity index (χ1v) is 7.33. The second kappa shape index (κ2) is 7.79. The second-order valence-corrected chi connectivity index (χ2v) is 4.94. The van der Waals surface area contributed by atoms with Gasteiger partial charge in [-0.3, -0.25) is 10.5 Å². The number of fused-ring (bicyclic) bond motifs is 1. The lowest BCUT2D eigenvalue weighted by atomic mass is 10.1. The normalized spacial score (nSPS) is 11.5. The highest BCUT2D eigenvalue weighted by Gasteiger charge is 2.06. The van der Waals surface area contributed by atoms with E-state index in [4.69, 9.17) is 11.6 Å². The van der Waals surface area contributed by atoms with Crippen LogP contribution in [0, 0.1) is 0 Å². The Labute approximate surface area is 123 Å². The molecule has 0 aromatic carbocycles. The van der Waals surface area contributed by atoms with E-state index < -0.39 is 0 Å². The van der Waals surface area contributed by atoms with Gasteiger partial charge >= 0.3 is 0 Å². The van der Waals surface area contributed by atoms with Crippen molar-refractivity contribution in [1.29, 1.82) is 0 Å². The molecule has 0 bridgehead atoms. The van der Waals surface area contributed by atoms with Gasteiger partial charge in [0.25, 0.3) is 0 Å². The van der Waals surface area contributed by atoms with Crippen molar-refractivity contribution in [3.63, 3.8) is 0 Å². The van der Waals surface area contributed by atoms with Crippen molar-refractivity contribution < 1.29 is 0 Å². The van der Waals surface area contributed by atoms with Gasteiger partial charge in [-0.2, -0.15) is 20.2 Å². The number of aromatic nitrogens is 4. The lowest BCUT2D eigenvalue weighted by Gasteiger charge is -2.01. The highest BCUT2D eigenvalue weighted by molar-refractivity contribution is 6.28. The molecule has 20 heavy (non-hydrogen) atoms. The van der Waals surface area contributed by atoms with E-state index >= 15 is 0 Å². The zero-order valence-electron chi connectivity index (χ0n) is 11.6. The third-order valence-corrected chi connectivity index (χ3v) is 3.15. The third kappa shape index (κ3) is 4.16. The molecule has 0 aliphatic heterocycles. The molecule has 0 aliphatic carbocycles. The van der Waals surface area contributed by atoms with Crippen molar-refractivity contribution in [2.24, 2.45) is 5.10 Å². The number of aromatic amines is 1. The van der Waals surface area contributed by atoms with Gasteiger partial charge in [0, 0.05) is 6.21 Å². The van der Waals surface area contributed by atoms with Crippen LogP contribution in [0.2, 0.25) is 5.28 Å². The maximum Gasteiger partial charge on any atom is 0.226 e. The number of nitrogens with one attached hydrogen (secondary N) is 2. The second-order valence-electron chi connectivity index (χ2n) is 4.60. The number of anilines is 1. The van der Waals surface area contributed by atoms with Gasteiger partial charge in [-0.25, -0.2) is 0 Å². The molecule has 7 heteroatoms. The topological polar surface area (TPSA) is 78.9 Å². The van der Waals surface area contributed by atoms with Crippen molar-refractivity contribution in [3.8, 4) is 0 Å². The first-order valence-electron chi connectivity index (χ1n) is 6.95. The van der Waals surface area contributed by atoms with Crippen molar-refractivity contribution in [3.05, 3.63) is 11.5 Å². The Morgan fingerprint density at radius 3 is 3.00 bits per heavy atom. The number of hydrazone groups is 1. The molecule has 0 spiro atoms. The van der Waals surface area contributed by atoms with Crippen LogP contribution in [0.4, 0.5) is 5.82 Å². The molecule has 2 N–H and O–H groups in total. The summed E-state index contributed by atoms with van der Waals surface area (Å²) in [5.74, 6) is 0.566. The number of nitrogens with zero attached hydrogens (tertiary/aromatic N) is 4. The summed E-state index contributed by atoms with van der Waals surface area (Å²) in [6.07, 6.45) is 10.8. The lowest BCUT2D eigenvalue weighted by molar-refractivity contribution is 0.645. The molecular weight excluding hydrogens is 276 g/mol. The molecule has 0 saturated heterocycles. The van der Waals surface area contributed by atoms with Crippen LogP contribution < -0.4 is 5.43 Å². The largest absolute Gasteiger partial charge is 0.261 e. The SMILES string of the molecule is CCCCCCCC=NNc1nc(Cl)nc2[nH]ncc12. The molecule has 0 atom stereocenters. The minimum atomic E-state index is 0.166. The van der Waals surface area contributed by atoms with Gasteiger partial charge < -0.3 is 0 Å². The highest BCUT2D eigenvalue weighted by Crippen LogP contribution is 2.19. The Hall–Kier alpha value is -1.69. The van der Waals surface area contributed by atoms with Crippen molar-refractivity contribution >= 4 is 34.7 Å². The van der Waals surface area contributed by atoms with E-state index in [2.05, 4.69) is 37.6 Å². The highest BCUT2D eigenvalue weighted by atomic mass is 35.5. The number of hydrogen-bond donors (Lipinski definition) is 2. The smallest absolute Gasteiger partial charge is 0.226 e. The van der Waals surface area contributed by atoms with Gasteiger partial charge in [0.1, 0.15) is 0 Å². The van der Waals surface area contributed by atoms with Crippen molar-refractivity contribution in [2.45, 2.75) is 45.4 Å². The fourth-order valence-electron chi connectivity index (χ4n) is 1.90. The Kier molecular flexibility index (Phi) is 5.73. The molecule has 0 amide bonds. The van der Waals surface area contributed by atoms with Crippen molar-refractivity contribution in [2.75, 3.05) is 5.43 Å². The van der Waals surface area contributed by atoms with Gasteiger partial charge in [-0.05, 0) is 24.4 Å². The van der Waals surface area contributed by atoms with Gasteiger partial charge in [0.05, 0.1) is 11.6 Å². The Bertz CT molecular complexity index is 565. The van der Waals surface area contributed by atoms with Crippen LogP contribution >= 0.6 is 11.6 Å². The monoisotopic (exact) mass is 294 g/mol. The lowest BCUT2D eigenvalue weighted by Crippen LogP contribution is -1.96. The summed E-state index contributed by atoms with van der Waals surface area (Å²) in [5.41, 5.74) is 3.49. The van der Waals surface area contributed by atoms with Crippen LogP contribution in [0.25, 0.3) is 11.0 Å². The first kappa shape index (κ1) is 14.7. The molecule has 0 saturated carbocycles. The molecule has 0 unspecified atom stereocenters. The summed E-state index contributed by atoms with van der Waals surface area (Å²) in [6.45, 7) is 2.22. The molecule has 0 fully saturated rings. The molecule has 0 radical (unpaired) electrons. The minimum Gasteiger partial charge on any atom is -0.261 e. The molecule has 2 rings (SSSR count). The molecular formula is C13H19ClN6. The summed E-state index contributed by atoms with van der Waals surface area (Å²) in [6, 6.07) is 0. The van der Waals surface area contributed by atoms with E-state index in [1.54, 1.807) is 6.20 Å². The maximum absolute atomic E-state index is 5.83. The van der Waals surface area contributed by atoms with Gasteiger partial charge in [-0.1, -0.05) is 32.6 Å². The number of unbranched alkanes of at least 4 members (excludes halogenated alkanes) is 5. The first-order chi connectivity index (χ1) is 9.81. The fourth-order valence-corrected chi connectivity index (χ4v) is 2.07. The Morgan fingerprint density at radius 1 is 1.30 bits per heavy atom. The number of H-pyrrole nitrogens is 1. The molecule has 2 aromatic heterocycles. The van der Waals surface area contributed by atoms with Crippen LogP contribution in [-0.4, -0.2) is 26.4 Å². The van der Waals surface area contributed by atoms with Crippen molar-refractivity contribution in [1.82, 2.24) is 20.2 Å². The Balaban J connectivity index is 1.82. The quantitative estimate of drug-likeness (QED) is 0.336. The number of halogens is 1. The van der Waals surface area contributed by atoms with Gasteiger partial charge in [-0.15, -0.1) is 0 Å². The van der Waals surface area contributed by atoms with E-state index in [-0.39, 0.29) is 5.28 Å². The molecule has 108 valence electrons.